The lowest BCUT2D eigenvalue weighted by molar-refractivity contribution is -0.120. The summed E-state index contributed by atoms with van der Waals surface area (Å²) in [6.45, 7) is 3.99. The van der Waals surface area contributed by atoms with E-state index in [0.717, 1.165) is 18.5 Å². The van der Waals surface area contributed by atoms with Crippen LogP contribution in [0.4, 0.5) is 0 Å². The van der Waals surface area contributed by atoms with Gasteiger partial charge in [-0.25, -0.2) is 0 Å². The van der Waals surface area contributed by atoms with Crippen LogP contribution in [-0.2, 0) is 11.3 Å². The van der Waals surface area contributed by atoms with E-state index < -0.39 is 0 Å². The molecule has 0 saturated carbocycles. The molecular formula is C14H22N4O2. The minimum absolute atomic E-state index is 0.0600. The van der Waals surface area contributed by atoms with E-state index in [1.54, 1.807) is 6.07 Å². The van der Waals surface area contributed by atoms with Crippen molar-refractivity contribution in [2.75, 3.05) is 13.1 Å². The van der Waals surface area contributed by atoms with Crippen molar-refractivity contribution in [3.05, 3.63) is 35.4 Å². The molecule has 0 aromatic heterocycles. The molecule has 1 aromatic rings. The van der Waals surface area contributed by atoms with Gasteiger partial charge in [-0.1, -0.05) is 30.3 Å². The summed E-state index contributed by atoms with van der Waals surface area (Å²) < 4.78 is 0. The summed E-state index contributed by atoms with van der Waals surface area (Å²) >= 11 is 0. The van der Waals surface area contributed by atoms with E-state index in [1.165, 1.54) is 0 Å². The zero-order chi connectivity index (χ0) is 14.8. The van der Waals surface area contributed by atoms with Crippen molar-refractivity contribution < 1.29 is 10.0 Å². The molecule has 6 nitrogen and oxygen atoms in total. The number of nitrogens with one attached hydrogen (secondary N) is 2. The molecule has 20 heavy (non-hydrogen) atoms. The number of nitrogens with two attached hydrogens (primary N) is 1. The largest absolute Gasteiger partial charge is 0.409 e. The van der Waals surface area contributed by atoms with Crippen molar-refractivity contribution in [3.8, 4) is 0 Å². The molecule has 0 saturated heterocycles. The van der Waals surface area contributed by atoms with Gasteiger partial charge in [-0.3, -0.25) is 4.79 Å². The molecule has 1 rings (SSSR count). The molecule has 1 amide bonds. The van der Waals surface area contributed by atoms with Crippen LogP contribution in [0.1, 0.15) is 30.9 Å². The van der Waals surface area contributed by atoms with E-state index in [1.807, 2.05) is 25.1 Å². The molecule has 0 bridgehead atoms. The molecule has 0 unspecified atom stereocenters. The maximum Gasteiger partial charge on any atom is 0.221 e. The number of carbonyl (C=O) groups excluding carboxylic acids is 1. The van der Waals surface area contributed by atoms with Crippen LogP contribution in [0.25, 0.3) is 0 Å². The summed E-state index contributed by atoms with van der Waals surface area (Å²) in [5, 5.41) is 17.6. The first-order valence-corrected chi connectivity index (χ1v) is 6.71. The highest BCUT2D eigenvalue weighted by Gasteiger charge is 2.02. The first-order chi connectivity index (χ1) is 9.67. The van der Waals surface area contributed by atoms with Gasteiger partial charge < -0.3 is 21.6 Å². The standard InChI is InChI=1S/C14H22N4O2/c1-2-7-17-13(19)6-8-16-10-11-4-3-5-12(9-11)14(15)18-20/h3-5,9,16,20H,2,6-8,10H2,1H3,(H2,15,18)(H,17,19). The van der Waals surface area contributed by atoms with Gasteiger partial charge in [0.2, 0.25) is 5.91 Å². The first kappa shape index (κ1) is 16.0. The molecule has 1 aromatic carbocycles. The van der Waals surface area contributed by atoms with Crippen molar-refractivity contribution >= 4 is 11.7 Å². The van der Waals surface area contributed by atoms with Crippen LogP contribution in [0, 0.1) is 0 Å². The maximum atomic E-state index is 11.4. The average Bonchev–Trinajstić information content (AvgIpc) is 2.49. The Morgan fingerprint density at radius 3 is 2.90 bits per heavy atom. The third-order valence-electron chi connectivity index (χ3n) is 2.76. The molecular weight excluding hydrogens is 256 g/mol. The van der Waals surface area contributed by atoms with Crippen LogP contribution in [0.15, 0.2) is 29.4 Å². The molecule has 0 heterocycles. The van der Waals surface area contributed by atoms with Gasteiger partial charge in [-0.15, -0.1) is 0 Å². The van der Waals surface area contributed by atoms with Crippen LogP contribution in [0.3, 0.4) is 0 Å². The van der Waals surface area contributed by atoms with Crippen molar-refractivity contribution in [1.29, 1.82) is 0 Å². The molecule has 0 aliphatic carbocycles. The lowest BCUT2D eigenvalue weighted by Gasteiger charge is -2.07. The maximum absolute atomic E-state index is 11.4. The number of hydrogen-bond acceptors (Lipinski definition) is 4. The van der Waals surface area contributed by atoms with Crippen LogP contribution >= 0.6 is 0 Å². The van der Waals surface area contributed by atoms with Gasteiger partial charge in [-0.05, 0) is 18.1 Å². The number of amidine groups is 1. The van der Waals surface area contributed by atoms with Crippen molar-refractivity contribution in [3.63, 3.8) is 0 Å². The Kier molecular flexibility index (Phi) is 7.13. The zero-order valence-electron chi connectivity index (χ0n) is 11.7. The number of nitrogens with zero attached hydrogens (tertiary/aromatic N) is 1. The highest BCUT2D eigenvalue weighted by molar-refractivity contribution is 5.97. The predicted molar refractivity (Wildman–Crippen MR) is 78.6 cm³/mol. The van der Waals surface area contributed by atoms with Gasteiger partial charge >= 0.3 is 0 Å². The van der Waals surface area contributed by atoms with Crippen LogP contribution in [-0.4, -0.2) is 30.0 Å². The summed E-state index contributed by atoms with van der Waals surface area (Å²) in [5.74, 6) is 0.149. The van der Waals surface area contributed by atoms with Crippen molar-refractivity contribution in [2.24, 2.45) is 10.9 Å². The number of oxime groups is 1. The van der Waals surface area contributed by atoms with Gasteiger partial charge in [0.15, 0.2) is 5.84 Å². The minimum atomic E-state index is 0.0600. The third-order valence-corrected chi connectivity index (χ3v) is 2.76. The van der Waals surface area contributed by atoms with Crippen LogP contribution in [0.2, 0.25) is 0 Å². The van der Waals surface area contributed by atoms with E-state index in [2.05, 4.69) is 15.8 Å². The van der Waals surface area contributed by atoms with Crippen LogP contribution in [0.5, 0.6) is 0 Å². The molecule has 6 heteroatoms. The zero-order valence-corrected chi connectivity index (χ0v) is 11.7. The molecule has 0 radical (unpaired) electrons. The number of benzene rings is 1. The van der Waals surface area contributed by atoms with Gasteiger partial charge in [0.1, 0.15) is 0 Å². The summed E-state index contributed by atoms with van der Waals surface area (Å²) in [6, 6.07) is 7.41. The quantitative estimate of drug-likeness (QED) is 0.186. The van der Waals surface area contributed by atoms with Gasteiger partial charge in [-0.2, -0.15) is 0 Å². The highest BCUT2D eigenvalue weighted by atomic mass is 16.4. The summed E-state index contributed by atoms with van der Waals surface area (Å²) in [7, 11) is 0. The van der Waals surface area contributed by atoms with Gasteiger partial charge in [0.05, 0.1) is 0 Å². The molecule has 0 aliphatic rings. The van der Waals surface area contributed by atoms with Crippen molar-refractivity contribution in [1.82, 2.24) is 10.6 Å². The van der Waals surface area contributed by atoms with E-state index in [4.69, 9.17) is 10.9 Å². The second kappa shape index (κ2) is 8.92. The molecule has 0 aliphatic heterocycles. The second-order valence-corrected chi connectivity index (χ2v) is 4.46. The van der Waals surface area contributed by atoms with Gasteiger partial charge in [0, 0.05) is 31.6 Å². The third kappa shape index (κ3) is 5.71. The number of hydrogen-bond donors (Lipinski definition) is 4. The Hall–Kier alpha value is -2.08. The fourth-order valence-electron chi connectivity index (χ4n) is 1.69. The Morgan fingerprint density at radius 2 is 2.20 bits per heavy atom. The monoisotopic (exact) mass is 278 g/mol. The number of rotatable bonds is 8. The van der Waals surface area contributed by atoms with E-state index in [-0.39, 0.29) is 11.7 Å². The smallest absolute Gasteiger partial charge is 0.221 e. The normalized spacial score (nSPS) is 11.3. The lowest BCUT2D eigenvalue weighted by Crippen LogP contribution is -2.28. The molecule has 0 atom stereocenters. The Labute approximate surface area is 119 Å². The molecule has 5 N–H and O–H groups in total. The number of carbonyl (C=O) groups is 1. The average molecular weight is 278 g/mol. The Balaban J connectivity index is 2.34. The van der Waals surface area contributed by atoms with E-state index in [9.17, 15) is 4.79 Å². The Morgan fingerprint density at radius 1 is 1.40 bits per heavy atom. The highest BCUT2D eigenvalue weighted by Crippen LogP contribution is 2.04. The lowest BCUT2D eigenvalue weighted by atomic mass is 10.1. The van der Waals surface area contributed by atoms with Crippen LogP contribution < -0.4 is 16.4 Å². The predicted octanol–water partition coefficient (Wildman–Crippen LogP) is 0.787. The fraction of sp³-hybridized carbons (Fsp3) is 0.429. The molecule has 0 spiro atoms. The topological polar surface area (TPSA) is 99.7 Å². The first-order valence-electron chi connectivity index (χ1n) is 6.71. The van der Waals surface area contributed by atoms with Gasteiger partial charge in [0.25, 0.3) is 0 Å². The van der Waals surface area contributed by atoms with Crippen molar-refractivity contribution in [2.45, 2.75) is 26.3 Å². The van der Waals surface area contributed by atoms with E-state index >= 15 is 0 Å². The number of amides is 1. The fourth-order valence-corrected chi connectivity index (χ4v) is 1.69. The Bertz CT molecular complexity index is 460. The molecule has 110 valence electrons. The minimum Gasteiger partial charge on any atom is -0.409 e. The summed E-state index contributed by atoms with van der Waals surface area (Å²) in [4.78, 5) is 11.4. The second-order valence-electron chi connectivity index (χ2n) is 4.46. The summed E-state index contributed by atoms with van der Waals surface area (Å²) in [5.41, 5.74) is 7.22. The summed E-state index contributed by atoms with van der Waals surface area (Å²) in [6.07, 6.45) is 1.40. The van der Waals surface area contributed by atoms with E-state index in [0.29, 0.717) is 25.1 Å². The molecule has 0 fully saturated rings. The SMILES string of the molecule is CCCNC(=O)CCNCc1cccc(C(N)=NO)c1.